The molecule has 1 saturated heterocycles. The van der Waals surface area contributed by atoms with Gasteiger partial charge in [0.25, 0.3) is 12.4 Å². The molecule has 11 heteroatoms. The fourth-order valence-corrected chi connectivity index (χ4v) is 4.40. The van der Waals surface area contributed by atoms with E-state index in [1.165, 1.54) is 23.5 Å². The number of thiazole rings is 1. The first-order chi connectivity index (χ1) is 18.2. The molecule has 2 N–H and O–H groups in total. The average Bonchev–Trinajstić information content (AvgIpc) is 3.43. The monoisotopic (exact) mass is 536 g/mol. The summed E-state index contributed by atoms with van der Waals surface area (Å²) >= 11 is 1.49. The summed E-state index contributed by atoms with van der Waals surface area (Å²) in [6.07, 6.45) is 3.42. The van der Waals surface area contributed by atoms with Gasteiger partial charge in [0, 0.05) is 60.6 Å². The van der Waals surface area contributed by atoms with Crippen molar-refractivity contribution in [1.82, 2.24) is 25.2 Å². The second-order valence-corrected chi connectivity index (χ2v) is 10.4. The first-order valence-electron chi connectivity index (χ1n) is 12.1. The number of nitrogens with zero attached hydrogens (tertiary/aromatic N) is 4. The summed E-state index contributed by atoms with van der Waals surface area (Å²) in [4.78, 5) is 38.1. The van der Waals surface area contributed by atoms with Gasteiger partial charge in [0.1, 0.15) is 16.4 Å². The summed E-state index contributed by atoms with van der Waals surface area (Å²) in [5.74, 6) is -0.0460. The third-order valence-electron chi connectivity index (χ3n) is 5.50. The van der Waals surface area contributed by atoms with Crippen molar-refractivity contribution in [2.75, 3.05) is 31.5 Å². The van der Waals surface area contributed by atoms with E-state index >= 15 is 0 Å². The van der Waals surface area contributed by atoms with Crippen LogP contribution in [0, 0.1) is 5.82 Å². The summed E-state index contributed by atoms with van der Waals surface area (Å²) in [6.45, 7) is 8.78. The van der Waals surface area contributed by atoms with Gasteiger partial charge in [-0.1, -0.05) is 6.07 Å². The summed E-state index contributed by atoms with van der Waals surface area (Å²) in [7, 11) is 0. The molecule has 1 aliphatic heterocycles. The summed E-state index contributed by atoms with van der Waals surface area (Å²) < 4.78 is 18.0. The molecule has 2 aromatic heterocycles. The van der Waals surface area contributed by atoms with E-state index in [1.54, 1.807) is 30.6 Å². The number of nitrogens with one attached hydrogen (secondary N) is 2. The highest BCUT2D eigenvalue weighted by atomic mass is 32.1. The Labute approximate surface area is 224 Å². The maximum Gasteiger partial charge on any atom is 0.293 e. The van der Waals surface area contributed by atoms with Crippen molar-refractivity contribution >= 4 is 46.3 Å². The van der Waals surface area contributed by atoms with E-state index in [9.17, 15) is 14.0 Å². The number of rotatable bonds is 5. The van der Waals surface area contributed by atoms with Crippen LogP contribution in [0.5, 0.6) is 0 Å². The van der Waals surface area contributed by atoms with Crippen LogP contribution in [0.1, 0.15) is 31.1 Å². The van der Waals surface area contributed by atoms with Crippen LogP contribution in [0.15, 0.2) is 54.2 Å². The van der Waals surface area contributed by atoms with Gasteiger partial charge in [-0.3, -0.25) is 9.59 Å². The number of aromatic nitrogens is 3. The second kappa shape index (κ2) is 12.1. The van der Waals surface area contributed by atoms with E-state index in [-0.39, 0.29) is 17.3 Å². The van der Waals surface area contributed by atoms with Gasteiger partial charge >= 0.3 is 0 Å². The van der Waals surface area contributed by atoms with Gasteiger partial charge in [-0.15, -0.1) is 11.3 Å². The van der Waals surface area contributed by atoms with Crippen LogP contribution >= 0.6 is 11.3 Å². The topological polar surface area (TPSA) is 109 Å². The average molecular weight is 537 g/mol. The van der Waals surface area contributed by atoms with Crippen LogP contribution in [-0.2, 0) is 9.53 Å². The quantitative estimate of drug-likeness (QED) is 0.355. The van der Waals surface area contributed by atoms with Crippen molar-refractivity contribution in [3.63, 3.8) is 0 Å². The standard InChI is InChI=1S/C22H19FN6OS.C5H10O2/c23-15-2-1-3-16(11-15)27-22-26-13-14-10-17(20-25-6-9-31-20)18(12-19(14)28-22)21(30)29-7-4-24-5-8-29;1-5(2,3)7-4-6/h1-3,6,9-13,24H,4-5,7-8H2,(H,26,27,28);4H,1-3H3. The molecule has 1 amide bonds. The third kappa shape index (κ3) is 7.08. The molecule has 9 nitrogen and oxygen atoms in total. The zero-order chi connectivity index (χ0) is 27.1. The Balaban J connectivity index is 0.000000426. The number of hydrogen-bond donors (Lipinski definition) is 2. The first-order valence-corrected chi connectivity index (χ1v) is 13.0. The van der Waals surface area contributed by atoms with Gasteiger partial charge in [0.2, 0.25) is 5.95 Å². The van der Waals surface area contributed by atoms with E-state index in [2.05, 4.69) is 30.3 Å². The zero-order valence-electron chi connectivity index (χ0n) is 21.4. The number of carbonyl (C=O) groups excluding carboxylic acids is 2. The number of amides is 1. The van der Waals surface area contributed by atoms with Crippen molar-refractivity contribution in [2.45, 2.75) is 26.4 Å². The maximum absolute atomic E-state index is 13.5. The number of ether oxygens (including phenoxy) is 1. The van der Waals surface area contributed by atoms with Gasteiger partial charge in [-0.25, -0.2) is 19.3 Å². The maximum atomic E-state index is 13.5. The highest BCUT2D eigenvalue weighted by Gasteiger charge is 2.23. The van der Waals surface area contributed by atoms with Crippen molar-refractivity contribution in [2.24, 2.45) is 0 Å². The van der Waals surface area contributed by atoms with E-state index in [0.29, 0.717) is 42.3 Å². The molecule has 38 heavy (non-hydrogen) atoms. The second-order valence-electron chi connectivity index (χ2n) is 9.49. The highest BCUT2D eigenvalue weighted by Crippen LogP contribution is 2.31. The number of hydrogen-bond acceptors (Lipinski definition) is 9. The first kappa shape index (κ1) is 27.1. The highest BCUT2D eigenvalue weighted by molar-refractivity contribution is 7.13. The van der Waals surface area contributed by atoms with Crippen LogP contribution in [-0.4, -0.2) is 64.0 Å². The molecular formula is C27H29FN6O3S. The fourth-order valence-electron chi connectivity index (χ4n) is 3.73. The third-order valence-corrected chi connectivity index (χ3v) is 6.31. The minimum absolute atomic E-state index is 0.0353. The molecular weight excluding hydrogens is 507 g/mol. The van der Waals surface area contributed by atoms with E-state index in [0.717, 1.165) is 29.0 Å². The number of carbonyl (C=O) groups is 2. The molecule has 198 valence electrons. The van der Waals surface area contributed by atoms with Crippen LogP contribution < -0.4 is 10.6 Å². The Morgan fingerprint density at radius 3 is 2.61 bits per heavy atom. The minimum Gasteiger partial charge on any atom is -0.462 e. The summed E-state index contributed by atoms with van der Waals surface area (Å²) in [5, 5.41) is 9.75. The Morgan fingerprint density at radius 1 is 1.18 bits per heavy atom. The fraction of sp³-hybridized carbons (Fsp3) is 0.296. The normalized spacial score (nSPS) is 13.4. The Kier molecular flexibility index (Phi) is 8.59. The molecule has 0 aliphatic carbocycles. The largest absolute Gasteiger partial charge is 0.462 e. The number of benzene rings is 2. The van der Waals surface area contributed by atoms with Crippen LogP contribution in [0.3, 0.4) is 0 Å². The Morgan fingerprint density at radius 2 is 1.97 bits per heavy atom. The Hall–Kier alpha value is -3.96. The van der Waals surface area contributed by atoms with Crippen molar-refractivity contribution in [3.8, 4) is 10.6 Å². The molecule has 0 bridgehead atoms. The number of piperazine rings is 1. The van der Waals surface area contributed by atoms with Crippen LogP contribution in [0.25, 0.3) is 21.5 Å². The van der Waals surface area contributed by atoms with Gasteiger partial charge in [0.05, 0.1) is 11.1 Å². The predicted molar refractivity (Wildman–Crippen MR) is 146 cm³/mol. The van der Waals surface area contributed by atoms with Gasteiger partial charge in [-0.05, 0) is 51.1 Å². The molecule has 1 fully saturated rings. The smallest absolute Gasteiger partial charge is 0.293 e. The molecule has 3 heterocycles. The van der Waals surface area contributed by atoms with Crippen molar-refractivity contribution < 1.29 is 18.7 Å². The van der Waals surface area contributed by atoms with Crippen LogP contribution in [0.4, 0.5) is 16.0 Å². The molecule has 2 aromatic carbocycles. The number of halogens is 1. The van der Waals surface area contributed by atoms with E-state index < -0.39 is 0 Å². The van der Waals surface area contributed by atoms with Crippen LogP contribution in [0.2, 0.25) is 0 Å². The number of anilines is 2. The van der Waals surface area contributed by atoms with E-state index in [4.69, 9.17) is 0 Å². The van der Waals surface area contributed by atoms with Gasteiger partial charge in [-0.2, -0.15) is 0 Å². The van der Waals surface area contributed by atoms with Crippen molar-refractivity contribution in [1.29, 1.82) is 0 Å². The molecule has 0 saturated carbocycles. The van der Waals surface area contributed by atoms with E-state index in [1.807, 2.05) is 37.1 Å². The molecule has 5 rings (SSSR count). The SMILES string of the molecule is CC(C)(C)OC=O.O=C(c1cc2nc(Nc3cccc(F)c3)ncc2cc1-c1nccs1)N1CCNCC1. The number of fused-ring (bicyclic) bond motifs is 1. The lowest BCUT2D eigenvalue weighted by Crippen LogP contribution is -2.46. The zero-order valence-corrected chi connectivity index (χ0v) is 22.2. The molecule has 0 unspecified atom stereocenters. The van der Waals surface area contributed by atoms with Crippen molar-refractivity contribution in [3.05, 3.63) is 65.6 Å². The predicted octanol–water partition coefficient (Wildman–Crippen LogP) is 4.64. The minimum atomic E-state index is -0.345. The lowest BCUT2D eigenvalue weighted by atomic mass is 10.0. The molecule has 0 atom stereocenters. The Bertz CT molecular complexity index is 1400. The molecule has 0 radical (unpaired) electrons. The lowest BCUT2D eigenvalue weighted by Gasteiger charge is -2.28. The summed E-state index contributed by atoms with van der Waals surface area (Å²) in [5.41, 5.74) is 2.21. The van der Waals surface area contributed by atoms with Gasteiger partial charge in [0.15, 0.2) is 0 Å². The molecule has 4 aromatic rings. The summed E-state index contributed by atoms with van der Waals surface area (Å²) in [6, 6.07) is 9.81. The lowest BCUT2D eigenvalue weighted by molar-refractivity contribution is -0.138. The molecule has 0 spiro atoms. The molecule has 1 aliphatic rings. The van der Waals surface area contributed by atoms with Gasteiger partial charge < -0.3 is 20.3 Å².